The molecule has 0 heterocycles. The van der Waals surface area contributed by atoms with Crippen LogP contribution in [0.2, 0.25) is 0 Å². The topological polar surface area (TPSA) is 49.4 Å². The number of nitrogens with one attached hydrogen (secondary N) is 1. The second-order valence-corrected chi connectivity index (χ2v) is 6.53. The van der Waals surface area contributed by atoms with Crippen LogP contribution in [0.1, 0.15) is 40.0 Å². The standard InChI is InChI=1S/C11H26N2O2S/c1-5-8-12-9-6-7-10-16(14,15)13(4)11(2)3/h11-12H,5-10H2,1-4H3. The van der Waals surface area contributed by atoms with Crippen molar-refractivity contribution in [3.63, 3.8) is 0 Å². The number of unbranched alkanes of at least 4 members (excludes halogenated alkanes) is 1. The van der Waals surface area contributed by atoms with E-state index in [1.54, 1.807) is 7.05 Å². The molecule has 0 bridgehead atoms. The fraction of sp³-hybridized carbons (Fsp3) is 1.00. The van der Waals surface area contributed by atoms with E-state index in [0.29, 0.717) is 0 Å². The van der Waals surface area contributed by atoms with Gasteiger partial charge in [0.1, 0.15) is 0 Å². The van der Waals surface area contributed by atoms with E-state index < -0.39 is 10.0 Å². The molecule has 1 N–H and O–H groups in total. The molecule has 0 radical (unpaired) electrons. The fourth-order valence-corrected chi connectivity index (χ4v) is 2.80. The number of hydrogen-bond donors (Lipinski definition) is 1. The van der Waals surface area contributed by atoms with E-state index in [9.17, 15) is 8.42 Å². The number of sulfonamides is 1. The van der Waals surface area contributed by atoms with Crippen molar-refractivity contribution in [1.29, 1.82) is 0 Å². The predicted octanol–water partition coefficient (Wildman–Crippen LogP) is 1.44. The summed E-state index contributed by atoms with van der Waals surface area (Å²) in [4.78, 5) is 0. The van der Waals surface area contributed by atoms with Gasteiger partial charge in [0.2, 0.25) is 10.0 Å². The maximum Gasteiger partial charge on any atom is 0.214 e. The second kappa shape index (κ2) is 8.03. The molecule has 0 aromatic carbocycles. The summed E-state index contributed by atoms with van der Waals surface area (Å²) in [7, 11) is -1.40. The Bertz CT molecular complexity index is 263. The van der Waals surface area contributed by atoms with Crippen molar-refractivity contribution in [2.24, 2.45) is 0 Å². The third kappa shape index (κ3) is 6.45. The molecule has 0 aliphatic carbocycles. The molecule has 98 valence electrons. The zero-order valence-electron chi connectivity index (χ0n) is 11.0. The van der Waals surface area contributed by atoms with Gasteiger partial charge in [-0.25, -0.2) is 12.7 Å². The SMILES string of the molecule is CCCNCCCCS(=O)(=O)N(C)C(C)C. The van der Waals surface area contributed by atoms with Gasteiger partial charge in [0.05, 0.1) is 5.75 Å². The maximum atomic E-state index is 11.8. The van der Waals surface area contributed by atoms with Crippen molar-refractivity contribution in [3.05, 3.63) is 0 Å². The summed E-state index contributed by atoms with van der Waals surface area (Å²) in [5.41, 5.74) is 0. The van der Waals surface area contributed by atoms with Crippen molar-refractivity contribution in [3.8, 4) is 0 Å². The highest BCUT2D eigenvalue weighted by molar-refractivity contribution is 7.89. The van der Waals surface area contributed by atoms with Gasteiger partial charge < -0.3 is 5.32 Å². The molecule has 0 saturated carbocycles. The highest BCUT2D eigenvalue weighted by Crippen LogP contribution is 2.06. The number of hydrogen-bond acceptors (Lipinski definition) is 3. The van der Waals surface area contributed by atoms with E-state index in [2.05, 4.69) is 12.2 Å². The van der Waals surface area contributed by atoms with Gasteiger partial charge in [-0.3, -0.25) is 0 Å². The molecule has 0 unspecified atom stereocenters. The molecule has 0 atom stereocenters. The lowest BCUT2D eigenvalue weighted by Gasteiger charge is -2.20. The van der Waals surface area contributed by atoms with Gasteiger partial charge in [0, 0.05) is 13.1 Å². The summed E-state index contributed by atoms with van der Waals surface area (Å²) in [5, 5.41) is 3.26. The van der Waals surface area contributed by atoms with Gasteiger partial charge in [0.25, 0.3) is 0 Å². The van der Waals surface area contributed by atoms with Crippen LogP contribution in [0.25, 0.3) is 0 Å². The highest BCUT2D eigenvalue weighted by Gasteiger charge is 2.19. The minimum atomic E-state index is -3.05. The van der Waals surface area contributed by atoms with Gasteiger partial charge in [-0.15, -0.1) is 0 Å². The van der Waals surface area contributed by atoms with Crippen LogP contribution < -0.4 is 5.32 Å². The van der Waals surface area contributed by atoms with Crippen LogP contribution in [0.4, 0.5) is 0 Å². The molecule has 4 nitrogen and oxygen atoms in total. The second-order valence-electron chi connectivity index (χ2n) is 4.38. The Labute approximate surface area is 100 Å². The van der Waals surface area contributed by atoms with Gasteiger partial charge in [0.15, 0.2) is 0 Å². The molecule has 0 fully saturated rings. The Morgan fingerprint density at radius 3 is 2.31 bits per heavy atom. The molecule has 0 rings (SSSR count). The number of rotatable bonds is 9. The van der Waals surface area contributed by atoms with Crippen molar-refractivity contribution < 1.29 is 8.42 Å². The molecular weight excluding hydrogens is 224 g/mol. The lowest BCUT2D eigenvalue weighted by atomic mass is 10.3. The zero-order chi connectivity index (χ0) is 12.6. The van der Waals surface area contributed by atoms with Gasteiger partial charge >= 0.3 is 0 Å². The van der Waals surface area contributed by atoms with E-state index in [-0.39, 0.29) is 11.8 Å². The molecule has 0 aromatic rings. The van der Waals surface area contributed by atoms with E-state index in [4.69, 9.17) is 0 Å². The first kappa shape index (κ1) is 15.9. The first-order chi connectivity index (χ1) is 7.41. The fourth-order valence-electron chi connectivity index (χ4n) is 1.30. The lowest BCUT2D eigenvalue weighted by molar-refractivity contribution is 0.409. The average Bonchev–Trinajstić information content (AvgIpc) is 2.22. The first-order valence-corrected chi connectivity index (χ1v) is 7.69. The first-order valence-electron chi connectivity index (χ1n) is 6.08. The molecule has 0 aliphatic rings. The summed E-state index contributed by atoms with van der Waals surface area (Å²) < 4.78 is 25.0. The van der Waals surface area contributed by atoms with Gasteiger partial charge in [-0.1, -0.05) is 6.92 Å². The van der Waals surface area contributed by atoms with Crippen LogP contribution in [0.3, 0.4) is 0 Å². The minimum absolute atomic E-state index is 0.0446. The van der Waals surface area contributed by atoms with Crippen LogP contribution in [0, 0.1) is 0 Å². The smallest absolute Gasteiger partial charge is 0.214 e. The molecule has 0 aromatic heterocycles. The predicted molar refractivity (Wildman–Crippen MR) is 69.1 cm³/mol. The Morgan fingerprint density at radius 1 is 1.19 bits per heavy atom. The Hall–Kier alpha value is -0.130. The van der Waals surface area contributed by atoms with Crippen LogP contribution in [-0.2, 0) is 10.0 Å². The summed E-state index contributed by atoms with van der Waals surface area (Å²) in [6, 6.07) is 0.0446. The van der Waals surface area contributed by atoms with Crippen LogP contribution in [0.5, 0.6) is 0 Å². The monoisotopic (exact) mass is 250 g/mol. The Morgan fingerprint density at radius 2 is 1.81 bits per heavy atom. The van der Waals surface area contributed by atoms with Crippen LogP contribution in [0.15, 0.2) is 0 Å². The molecule has 0 aliphatic heterocycles. The normalized spacial score (nSPS) is 12.6. The summed E-state index contributed by atoms with van der Waals surface area (Å²) in [6.07, 6.45) is 2.77. The molecule has 0 spiro atoms. The van der Waals surface area contributed by atoms with Crippen LogP contribution in [-0.4, -0.2) is 44.7 Å². The van der Waals surface area contributed by atoms with Crippen molar-refractivity contribution in [2.75, 3.05) is 25.9 Å². The van der Waals surface area contributed by atoms with Gasteiger partial charge in [-0.05, 0) is 46.2 Å². The van der Waals surface area contributed by atoms with E-state index >= 15 is 0 Å². The lowest BCUT2D eigenvalue weighted by Crippen LogP contribution is -2.35. The van der Waals surface area contributed by atoms with Crippen molar-refractivity contribution in [1.82, 2.24) is 9.62 Å². The van der Waals surface area contributed by atoms with Crippen molar-refractivity contribution >= 4 is 10.0 Å². The van der Waals surface area contributed by atoms with E-state index in [1.807, 2.05) is 13.8 Å². The quantitative estimate of drug-likeness (QED) is 0.630. The third-order valence-corrected chi connectivity index (χ3v) is 4.70. The minimum Gasteiger partial charge on any atom is -0.317 e. The molecule has 0 amide bonds. The summed E-state index contributed by atoms with van der Waals surface area (Å²) >= 11 is 0. The molecule has 5 heteroatoms. The third-order valence-electron chi connectivity index (χ3n) is 2.60. The van der Waals surface area contributed by atoms with Gasteiger partial charge in [-0.2, -0.15) is 0 Å². The highest BCUT2D eigenvalue weighted by atomic mass is 32.2. The zero-order valence-corrected chi connectivity index (χ0v) is 11.8. The van der Waals surface area contributed by atoms with Crippen LogP contribution >= 0.6 is 0 Å². The summed E-state index contributed by atoms with van der Waals surface area (Å²) in [6.45, 7) is 7.82. The maximum absolute atomic E-state index is 11.8. The summed E-state index contributed by atoms with van der Waals surface area (Å²) in [5.74, 6) is 0.259. The molecule has 16 heavy (non-hydrogen) atoms. The number of nitrogens with zero attached hydrogens (tertiary/aromatic N) is 1. The van der Waals surface area contributed by atoms with Crippen molar-refractivity contribution in [2.45, 2.75) is 46.1 Å². The largest absolute Gasteiger partial charge is 0.317 e. The van der Waals surface area contributed by atoms with E-state index in [0.717, 1.165) is 32.4 Å². The van der Waals surface area contributed by atoms with E-state index in [1.165, 1.54) is 4.31 Å². The molecule has 0 saturated heterocycles. The molecular formula is C11H26N2O2S. The average molecular weight is 250 g/mol. The Balaban J connectivity index is 3.75. The Kier molecular flexibility index (Phi) is 7.97.